The molecule has 0 bridgehead atoms. The maximum Gasteiger partial charge on any atom is 0.137 e. The third-order valence-electron chi connectivity index (χ3n) is 16.5. The molecule has 0 fully saturated rings. The van der Waals surface area contributed by atoms with Crippen molar-refractivity contribution >= 4 is 99.3 Å². The highest BCUT2D eigenvalue weighted by Gasteiger charge is 2.61. The molecule has 3 aliphatic carbocycles. The fourth-order valence-corrected chi connectivity index (χ4v) is 16.5. The first kappa shape index (κ1) is 42.2. The van der Waals surface area contributed by atoms with E-state index in [-0.39, 0.29) is 0 Å². The van der Waals surface area contributed by atoms with Crippen molar-refractivity contribution in [3.8, 4) is 22.3 Å². The molecule has 10 aromatic carbocycles. The highest BCUT2D eigenvalue weighted by Crippen LogP contribution is 2.72. The molecule has 0 radical (unpaired) electrons. The van der Waals surface area contributed by atoms with E-state index in [1.54, 1.807) is 0 Å². The maximum absolute atomic E-state index is 6.63. The molecule has 0 unspecified atom stereocenters. The Morgan fingerprint density at radius 2 is 0.592 bits per heavy atom. The van der Waals surface area contributed by atoms with Crippen LogP contribution in [0.15, 0.2) is 264 Å². The van der Waals surface area contributed by atoms with Crippen LogP contribution in [0.2, 0.25) is 0 Å². The Balaban J connectivity index is 1.00. The number of benzene rings is 10. The van der Waals surface area contributed by atoms with Crippen molar-refractivity contribution in [3.05, 3.63) is 298 Å². The molecule has 0 amide bonds. The number of para-hydroxylation sites is 4. The quantitative estimate of drug-likeness (QED) is 0.166. The van der Waals surface area contributed by atoms with Crippen LogP contribution in [0.1, 0.15) is 43.1 Å². The van der Waals surface area contributed by atoms with Crippen LogP contribution >= 0.6 is 22.7 Å². The minimum atomic E-state index is -0.691. The van der Waals surface area contributed by atoms with Gasteiger partial charge in [0, 0.05) is 54.8 Å². The van der Waals surface area contributed by atoms with E-state index >= 15 is 0 Å². The molecule has 17 rings (SSSR count). The second-order valence-corrected chi connectivity index (χ2v) is 22.3. The fraction of sp³-hybridized carbons (Fsp3) is 0.0286. The summed E-state index contributed by atoms with van der Waals surface area (Å²) >= 11 is 3.86. The summed E-state index contributed by atoms with van der Waals surface area (Å²) in [4.78, 5) is 7.57. The smallest absolute Gasteiger partial charge is 0.137 e. The Labute approximate surface area is 446 Å². The molecule has 76 heavy (non-hydrogen) atoms. The highest BCUT2D eigenvalue weighted by molar-refractivity contribution is 7.18. The predicted octanol–water partition coefficient (Wildman–Crippen LogP) is 19.6. The van der Waals surface area contributed by atoms with Crippen molar-refractivity contribution in [3.63, 3.8) is 0 Å². The first-order chi connectivity index (χ1) is 37.7. The number of hydrogen-bond acceptors (Lipinski definition) is 6. The zero-order valence-electron chi connectivity index (χ0n) is 40.8. The van der Waals surface area contributed by atoms with Gasteiger partial charge in [-0.1, -0.05) is 170 Å². The van der Waals surface area contributed by atoms with Crippen LogP contribution < -0.4 is 9.80 Å². The zero-order valence-corrected chi connectivity index (χ0v) is 42.4. The zero-order chi connectivity index (χ0) is 49.7. The van der Waals surface area contributed by atoms with Crippen LogP contribution in [0.3, 0.4) is 0 Å². The second kappa shape index (κ2) is 15.7. The van der Waals surface area contributed by atoms with E-state index in [0.29, 0.717) is 0 Å². The fourth-order valence-electron chi connectivity index (χ4n) is 13.5. The first-order valence-corrected chi connectivity index (χ1v) is 27.5. The van der Waals surface area contributed by atoms with Gasteiger partial charge in [0.2, 0.25) is 0 Å². The van der Waals surface area contributed by atoms with E-state index < -0.39 is 10.8 Å². The van der Waals surface area contributed by atoms with Gasteiger partial charge in [0.1, 0.15) is 32.3 Å². The molecule has 3 aliphatic rings. The van der Waals surface area contributed by atoms with Crippen LogP contribution in [-0.4, -0.2) is 0 Å². The van der Waals surface area contributed by atoms with Gasteiger partial charge in [-0.15, -0.1) is 22.7 Å². The standard InChI is InChI=1S/C70H42N2O2S2/c1-3-19-43(20-4-1)71(45-35-37-53-51-27-11-17-33-61(51)73-63(53)39-45)65-41-59-67(75-65)70(57-31-15-9-25-49(57)50-26-10-16-32-58(50)70)60-42-66(76-68(60)69(59)55-29-13-7-23-47(55)48-24-8-14-30-56(48)69)72(44-21-5-2-6-22-44)46-36-38-54-52-28-12-18-34-62(52)74-64(54)40-46/h1-42H. The summed E-state index contributed by atoms with van der Waals surface area (Å²) in [5.41, 5.74) is 19.3. The number of hydrogen-bond donors (Lipinski definition) is 0. The first-order valence-electron chi connectivity index (χ1n) is 25.9. The second-order valence-electron chi connectivity index (χ2n) is 20.2. The third-order valence-corrected chi connectivity index (χ3v) is 19.0. The Kier molecular flexibility index (Phi) is 8.70. The van der Waals surface area contributed by atoms with Crippen LogP contribution in [0.4, 0.5) is 32.8 Å². The number of thiophene rings is 2. The highest BCUT2D eigenvalue weighted by atomic mass is 32.1. The van der Waals surface area contributed by atoms with Gasteiger partial charge in [0.25, 0.3) is 0 Å². The van der Waals surface area contributed by atoms with Gasteiger partial charge in [-0.3, -0.25) is 0 Å². The number of rotatable bonds is 6. The molecule has 356 valence electrons. The van der Waals surface area contributed by atoms with E-state index in [1.165, 1.54) is 65.4 Å². The Morgan fingerprint density at radius 3 is 0.987 bits per heavy atom. The molecule has 2 spiro atoms. The maximum atomic E-state index is 6.63. The van der Waals surface area contributed by atoms with Crippen molar-refractivity contribution < 1.29 is 8.83 Å². The molecule has 6 heteroatoms. The van der Waals surface area contributed by atoms with Crippen LogP contribution in [0, 0.1) is 0 Å². The van der Waals surface area contributed by atoms with Gasteiger partial charge >= 0.3 is 0 Å². The molecule has 0 aliphatic heterocycles. The van der Waals surface area contributed by atoms with Gasteiger partial charge < -0.3 is 18.6 Å². The number of fused-ring (bicyclic) bond motifs is 22. The lowest BCUT2D eigenvalue weighted by molar-refractivity contribution is 0.662. The van der Waals surface area contributed by atoms with Crippen LogP contribution in [0.25, 0.3) is 66.1 Å². The molecule has 4 aromatic heterocycles. The van der Waals surface area contributed by atoms with E-state index in [0.717, 1.165) is 76.6 Å². The van der Waals surface area contributed by atoms with E-state index in [9.17, 15) is 0 Å². The summed E-state index contributed by atoms with van der Waals surface area (Å²) < 4.78 is 13.3. The predicted molar refractivity (Wildman–Crippen MR) is 314 cm³/mol. The van der Waals surface area contributed by atoms with E-state index in [4.69, 9.17) is 8.83 Å². The SMILES string of the molecule is c1ccc(N(c2ccc3c(c2)oc2ccccc23)c2cc3c(s2)C2(c4ccccc4-c4ccccc42)c2cc(N(c4ccccc4)c4ccc5c(c4)oc4ccccc45)sc2C32c3ccccc3-c3ccccc32)cc1. The number of furan rings is 2. The Hall–Kier alpha value is -9.20. The largest absolute Gasteiger partial charge is 0.456 e. The van der Waals surface area contributed by atoms with Gasteiger partial charge in [0.05, 0.1) is 22.2 Å². The summed E-state index contributed by atoms with van der Waals surface area (Å²) in [5, 5.41) is 6.72. The average Bonchev–Trinajstić information content (AvgIpc) is 4.24. The van der Waals surface area contributed by atoms with Crippen molar-refractivity contribution in [2.75, 3.05) is 9.80 Å². The van der Waals surface area contributed by atoms with Crippen molar-refractivity contribution in [1.29, 1.82) is 0 Å². The topological polar surface area (TPSA) is 32.8 Å². The monoisotopic (exact) mass is 1010 g/mol. The Bertz CT molecular complexity index is 4260. The lowest BCUT2D eigenvalue weighted by Gasteiger charge is -2.45. The minimum Gasteiger partial charge on any atom is -0.456 e. The summed E-state index contributed by atoms with van der Waals surface area (Å²) in [6.07, 6.45) is 0. The van der Waals surface area contributed by atoms with Crippen molar-refractivity contribution in [1.82, 2.24) is 0 Å². The third kappa shape index (κ3) is 5.51. The van der Waals surface area contributed by atoms with Gasteiger partial charge in [-0.25, -0.2) is 0 Å². The molecule has 0 N–H and O–H groups in total. The molecule has 0 saturated carbocycles. The lowest BCUT2D eigenvalue weighted by atomic mass is 9.58. The molecule has 0 atom stereocenters. The summed E-state index contributed by atoms with van der Waals surface area (Å²) in [6.45, 7) is 0. The molecule has 4 heterocycles. The van der Waals surface area contributed by atoms with E-state index in [1.807, 2.05) is 34.8 Å². The van der Waals surface area contributed by atoms with Crippen LogP contribution in [-0.2, 0) is 10.8 Å². The molecular weight excluding hydrogens is 965 g/mol. The van der Waals surface area contributed by atoms with Gasteiger partial charge in [-0.05, 0) is 128 Å². The van der Waals surface area contributed by atoms with Crippen molar-refractivity contribution in [2.24, 2.45) is 0 Å². The minimum absolute atomic E-state index is 0.691. The molecule has 0 saturated heterocycles. The number of anilines is 6. The normalized spacial score (nSPS) is 14.0. The Morgan fingerprint density at radius 1 is 0.263 bits per heavy atom. The molecule has 14 aromatic rings. The van der Waals surface area contributed by atoms with Gasteiger partial charge in [0.15, 0.2) is 0 Å². The number of nitrogens with zero attached hydrogens (tertiary/aromatic N) is 2. The lowest BCUT2D eigenvalue weighted by Crippen LogP contribution is -2.41. The van der Waals surface area contributed by atoms with Crippen LogP contribution in [0.5, 0.6) is 0 Å². The van der Waals surface area contributed by atoms with E-state index in [2.05, 4.69) is 252 Å². The average molecular weight is 1010 g/mol. The van der Waals surface area contributed by atoms with Gasteiger partial charge in [-0.2, -0.15) is 0 Å². The molecular formula is C70H42N2O2S2. The summed E-state index contributed by atoms with van der Waals surface area (Å²) in [6, 6.07) is 93.8. The summed E-state index contributed by atoms with van der Waals surface area (Å²) in [5.74, 6) is 0. The molecule has 4 nitrogen and oxygen atoms in total. The summed E-state index contributed by atoms with van der Waals surface area (Å²) in [7, 11) is 0. The van der Waals surface area contributed by atoms with Crippen molar-refractivity contribution in [2.45, 2.75) is 10.8 Å².